The molecule has 0 saturated heterocycles. The maximum absolute atomic E-state index is 13.8. The van der Waals surface area contributed by atoms with Gasteiger partial charge in [-0.1, -0.05) is 25.1 Å². The van der Waals surface area contributed by atoms with Crippen molar-refractivity contribution < 1.29 is 4.39 Å². The molecule has 1 aromatic carbocycles. The minimum atomic E-state index is -0.179. The summed E-state index contributed by atoms with van der Waals surface area (Å²) in [7, 11) is 0. The van der Waals surface area contributed by atoms with Crippen molar-refractivity contribution in [1.29, 1.82) is 0 Å². The Morgan fingerprint density at radius 2 is 1.89 bits per heavy atom. The maximum Gasteiger partial charge on any atom is 0.159 e. The number of fused-ring (bicyclic) bond motifs is 1. The standard InChI is InChI=1S/C16H13FN2/c1-11(14-6-2-3-7-15(14)17)13-9-12-5-4-8-18-16(12)19-10-13/h2-11H,1H3. The summed E-state index contributed by atoms with van der Waals surface area (Å²) in [6.45, 7) is 1.98. The molecular formula is C16H13FN2. The molecule has 0 aliphatic carbocycles. The second kappa shape index (κ2) is 4.76. The van der Waals surface area contributed by atoms with Gasteiger partial charge in [-0.05, 0) is 35.4 Å². The Hall–Kier alpha value is -2.29. The van der Waals surface area contributed by atoms with Gasteiger partial charge in [-0.15, -0.1) is 0 Å². The molecule has 0 N–H and O–H groups in total. The summed E-state index contributed by atoms with van der Waals surface area (Å²) in [5.74, 6) is -0.209. The van der Waals surface area contributed by atoms with E-state index in [4.69, 9.17) is 0 Å². The second-order valence-corrected chi connectivity index (χ2v) is 4.56. The third-order valence-electron chi connectivity index (χ3n) is 3.35. The van der Waals surface area contributed by atoms with Crippen LogP contribution in [0.25, 0.3) is 11.0 Å². The van der Waals surface area contributed by atoms with Gasteiger partial charge in [-0.3, -0.25) is 0 Å². The molecule has 3 heteroatoms. The first-order valence-corrected chi connectivity index (χ1v) is 6.21. The van der Waals surface area contributed by atoms with Crippen LogP contribution in [0.5, 0.6) is 0 Å². The molecule has 0 aliphatic heterocycles. The van der Waals surface area contributed by atoms with Gasteiger partial charge >= 0.3 is 0 Å². The molecule has 2 aromatic heterocycles. The molecule has 1 unspecified atom stereocenters. The van der Waals surface area contributed by atoms with E-state index >= 15 is 0 Å². The summed E-state index contributed by atoms with van der Waals surface area (Å²) in [5, 5.41) is 0.975. The predicted octanol–water partition coefficient (Wildman–Crippen LogP) is 3.92. The van der Waals surface area contributed by atoms with E-state index in [9.17, 15) is 4.39 Å². The Balaban J connectivity index is 2.07. The van der Waals surface area contributed by atoms with Crippen LogP contribution in [0.1, 0.15) is 24.0 Å². The minimum absolute atomic E-state index is 0.0293. The molecule has 0 radical (unpaired) electrons. The lowest BCUT2D eigenvalue weighted by atomic mass is 9.93. The highest BCUT2D eigenvalue weighted by molar-refractivity contribution is 5.74. The van der Waals surface area contributed by atoms with Gasteiger partial charge in [0, 0.05) is 23.7 Å². The number of halogens is 1. The normalized spacial score (nSPS) is 12.5. The Kier molecular flexibility index (Phi) is 2.95. The zero-order valence-corrected chi connectivity index (χ0v) is 10.5. The number of pyridine rings is 2. The Bertz CT molecular complexity index is 725. The lowest BCUT2D eigenvalue weighted by Gasteiger charge is -2.13. The van der Waals surface area contributed by atoms with Crippen LogP contribution in [0.15, 0.2) is 54.9 Å². The first-order valence-electron chi connectivity index (χ1n) is 6.21. The van der Waals surface area contributed by atoms with E-state index in [1.807, 2.05) is 37.3 Å². The van der Waals surface area contributed by atoms with E-state index in [1.165, 1.54) is 6.07 Å². The maximum atomic E-state index is 13.8. The monoisotopic (exact) mass is 252 g/mol. The van der Waals surface area contributed by atoms with E-state index in [-0.39, 0.29) is 11.7 Å². The number of aromatic nitrogens is 2. The summed E-state index contributed by atoms with van der Waals surface area (Å²) in [4.78, 5) is 8.51. The Labute approximate surface area is 111 Å². The van der Waals surface area contributed by atoms with Crippen LogP contribution in [-0.4, -0.2) is 9.97 Å². The molecule has 3 aromatic rings. The van der Waals surface area contributed by atoms with Gasteiger partial charge in [-0.2, -0.15) is 0 Å². The van der Waals surface area contributed by atoms with Gasteiger partial charge < -0.3 is 0 Å². The predicted molar refractivity (Wildman–Crippen MR) is 73.5 cm³/mol. The number of benzene rings is 1. The van der Waals surface area contributed by atoms with Crippen LogP contribution in [0.4, 0.5) is 4.39 Å². The summed E-state index contributed by atoms with van der Waals surface area (Å²) < 4.78 is 13.8. The van der Waals surface area contributed by atoms with Crippen molar-refractivity contribution in [2.75, 3.05) is 0 Å². The first kappa shape index (κ1) is 11.8. The third-order valence-corrected chi connectivity index (χ3v) is 3.35. The summed E-state index contributed by atoms with van der Waals surface area (Å²) in [5.41, 5.74) is 2.39. The Morgan fingerprint density at radius 3 is 2.74 bits per heavy atom. The lowest BCUT2D eigenvalue weighted by molar-refractivity contribution is 0.603. The first-order chi connectivity index (χ1) is 9.25. The number of nitrogens with zero attached hydrogens (tertiary/aromatic N) is 2. The third kappa shape index (κ3) is 2.19. The van der Waals surface area contributed by atoms with Gasteiger partial charge in [-0.25, -0.2) is 14.4 Å². The highest BCUT2D eigenvalue weighted by Crippen LogP contribution is 2.27. The summed E-state index contributed by atoms with van der Waals surface area (Å²) in [6, 6.07) is 12.7. The molecule has 1 atom stereocenters. The average molecular weight is 252 g/mol. The molecule has 0 fully saturated rings. The van der Waals surface area contributed by atoms with Gasteiger partial charge in [0.15, 0.2) is 5.65 Å². The van der Waals surface area contributed by atoms with Crippen LogP contribution in [0, 0.1) is 5.82 Å². The van der Waals surface area contributed by atoms with Crippen molar-refractivity contribution in [2.45, 2.75) is 12.8 Å². The molecule has 19 heavy (non-hydrogen) atoms. The van der Waals surface area contributed by atoms with Gasteiger partial charge in [0.25, 0.3) is 0 Å². The van der Waals surface area contributed by atoms with E-state index in [2.05, 4.69) is 9.97 Å². The van der Waals surface area contributed by atoms with E-state index in [0.717, 1.165) is 10.9 Å². The van der Waals surface area contributed by atoms with Crippen LogP contribution < -0.4 is 0 Å². The highest BCUT2D eigenvalue weighted by Gasteiger charge is 2.13. The second-order valence-electron chi connectivity index (χ2n) is 4.56. The fourth-order valence-electron chi connectivity index (χ4n) is 2.23. The molecular weight excluding hydrogens is 239 g/mol. The molecule has 2 heterocycles. The molecule has 2 nitrogen and oxygen atoms in total. The molecule has 0 saturated carbocycles. The molecule has 94 valence electrons. The largest absolute Gasteiger partial charge is 0.237 e. The smallest absolute Gasteiger partial charge is 0.159 e. The summed E-state index contributed by atoms with van der Waals surface area (Å²) >= 11 is 0. The number of hydrogen-bond acceptors (Lipinski definition) is 2. The van der Waals surface area contributed by atoms with E-state index in [1.54, 1.807) is 18.5 Å². The average Bonchev–Trinajstić information content (AvgIpc) is 2.46. The van der Waals surface area contributed by atoms with E-state index < -0.39 is 0 Å². The van der Waals surface area contributed by atoms with Gasteiger partial charge in [0.05, 0.1) is 0 Å². The zero-order valence-electron chi connectivity index (χ0n) is 10.5. The zero-order chi connectivity index (χ0) is 13.2. The van der Waals surface area contributed by atoms with Crippen LogP contribution >= 0.6 is 0 Å². The van der Waals surface area contributed by atoms with Crippen LogP contribution in [-0.2, 0) is 0 Å². The van der Waals surface area contributed by atoms with Crippen molar-refractivity contribution in [1.82, 2.24) is 9.97 Å². The molecule has 0 aliphatic rings. The number of hydrogen-bond donors (Lipinski definition) is 0. The van der Waals surface area contributed by atoms with E-state index in [0.29, 0.717) is 11.2 Å². The van der Waals surface area contributed by atoms with Crippen molar-refractivity contribution >= 4 is 11.0 Å². The molecule has 3 rings (SSSR count). The van der Waals surface area contributed by atoms with Gasteiger partial charge in [0.2, 0.25) is 0 Å². The quantitative estimate of drug-likeness (QED) is 0.690. The van der Waals surface area contributed by atoms with Crippen molar-refractivity contribution in [3.05, 3.63) is 71.8 Å². The number of rotatable bonds is 2. The molecule has 0 bridgehead atoms. The SMILES string of the molecule is CC(c1cnc2ncccc2c1)c1ccccc1F. The van der Waals surface area contributed by atoms with Crippen LogP contribution in [0.2, 0.25) is 0 Å². The fourth-order valence-corrected chi connectivity index (χ4v) is 2.23. The minimum Gasteiger partial charge on any atom is -0.237 e. The topological polar surface area (TPSA) is 25.8 Å². The lowest BCUT2D eigenvalue weighted by Crippen LogP contribution is -2.00. The van der Waals surface area contributed by atoms with Gasteiger partial charge in [0.1, 0.15) is 5.82 Å². The Morgan fingerprint density at radius 1 is 1.05 bits per heavy atom. The molecule has 0 spiro atoms. The summed E-state index contributed by atoms with van der Waals surface area (Å²) in [6.07, 6.45) is 3.49. The molecule has 0 amide bonds. The van der Waals surface area contributed by atoms with Crippen molar-refractivity contribution in [3.63, 3.8) is 0 Å². The van der Waals surface area contributed by atoms with Crippen molar-refractivity contribution in [2.24, 2.45) is 0 Å². The van der Waals surface area contributed by atoms with Crippen LogP contribution in [0.3, 0.4) is 0 Å². The highest BCUT2D eigenvalue weighted by atomic mass is 19.1. The fraction of sp³-hybridized carbons (Fsp3) is 0.125. The van der Waals surface area contributed by atoms with Crippen molar-refractivity contribution in [3.8, 4) is 0 Å².